The molecule has 0 radical (unpaired) electrons. The summed E-state index contributed by atoms with van der Waals surface area (Å²) in [6.45, 7) is 4.11. The van der Waals surface area contributed by atoms with Gasteiger partial charge in [0.15, 0.2) is 17.3 Å². The highest BCUT2D eigenvalue weighted by Gasteiger charge is 2.16. The first kappa shape index (κ1) is 16.3. The second kappa shape index (κ2) is 6.35. The molecule has 0 aliphatic heterocycles. The van der Waals surface area contributed by atoms with Crippen LogP contribution >= 0.6 is 38.5 Å². The zero-order valence-corrected chi connectivity index (χ0v) is 15.6. The fourth-order valence-electron chi connectivity index (χ4n) is 1.85. The third-order valence-corrected chi connectivity index (χ3v) is 4.67. The van der Waals surface area contributed by atoms with Crippen LogP contribution < -0.4 is 10.5 Å². The average Bonchev–Trinajstić information content (AvgIpc) is 2.44. The first-order valence-electron chi connectivity index (χ1n) is 6.25. The van der Waals surface area contributed by atoms with Crippen LogP contribution in [-0.4, -0.2) is 22.2 Å². The van der Waals surface area contributed by atoms with E-state index in [0.717, 1.165) is 14.8 Å². The minimum Gasteiger partial charge on any atom is -0.503 e. The summed E-state index contributed by atoms with van der Waals surface area (Å²) in [7, 11) is 1.49. The maximum absolute atomic E-state index is 9.87. The van der Waals surface area contributed by atoms with Gasteiger partial charge in [0.1, 0.15) is 5.82 Å². The zero-order chi connectivity index (χ0) is 15.7. The Kier molecular flexibility index (Phi) is 4.92. The van der Waals surface area contributed by atoms with Gasteiger partial charge in [-0.2, -0.15) is 0 Å². The van der Waals surface area contributed by atoms with Crippen molar-refractivity contribution in [3.05, 3.63) is 25.9 Å². The number of nitrogens with zero attached hydrogens (tertiary/aromatic N) is 2. The summed E-state index contributed by atoms with van der Waals surface area (Å²) in [5.41, 5.74) is 7.61. The molecule has 0 bridgehead atoms. The van der Waals surface area contributed by atoms with E-state index in [2.05, 4.69) is 62.3 Å². The molecule has 0 atom stereocenters. The predicted octanol–water partition coefficient (Wildman–Crippen LogP) is 3.93. The number of ether oxygens (including phenoxy) is 1. The van der Waals surface area contributed by atoms with Gasteiger partial charge in [-0.1, -0.05) is 13.8 Å². The fraction of sp³-hybridized carbons (Fsp3) is 0.286. The Morgan fingerprint density at radius 1 is 1.33 bits per heavy atom. The monoisotopic (exact) mass is 463 g/mol. The van der Waals surface area contributed by atoms with Crippen LogP contribution in [-0.2, 0) is 0 Å². The molecule has 112 valence electrons. The van der Waals surface area contributed by atoms with Crippen LogP contribution in [0.5, 0.6) is 11.5 Å². The number of benzene rings is 1. The van der Waals surface area contributed by atoms with Crippen LogP contribution in [0, 0.1) is 3.57 Å². The Hall–Kier alpha value is -1.09. The molecule has 21 heavy (non-hydrogen) atoms. The smallest absolute Gasteiger partial charge is 0.172 e. The van der Waals surface area contributed by atoms with Gasteiger partial charge in [0.2, 0.25) is 0 Å². The molecular weight excluding hydrogens is 449 g/mol. The molecule has 0 amide bonds. The van der Waals surface area contributed by atoms with Crippen molar-refractivity contribution in [3.8, 4) is 22.9 Å². The van der Waals surface area contributed by atoms with E-state index in [9.17, 15) is 5.11 Å². The number of hydrogen-bond donors (Lipinski definition) is 2. The van der Waals surface area contributed by atoms with Gasteiger partial charge in [0.25, 0.3) is 0 Å². The molecule has 2 rings (SSSR count). The van der Waals surface area contributed by atoms with Crippen LogP contribution in [0.1, 0.15) is 25.5 Å². The van der Waals surface area contributed by atoms with Gasteiger partial charge in [0.05, 0.1) is 20.8 Å². The summed E-state index contributed by atoms with van der Waals surface area (Å²) in [6.07, 6.45) is 0. The molecule has 3 N–H and O–H groups in total. The Labute approximate surface area is 145 Å². The molecule has 7 heteroatoms. The van der Waals surface area contributed by atoms with Gasteiger partial charge in [-0.3, -0.25) is 0 Å². The van der Waals surface area contributed by atoms with Gasteiger partial charge in [-0.25, -0.2) is 9.97 Å². The lowest BCUT2D eigenvalue weighted by Crippen LogP contribution is -2.06. The van der Waals surface area contributed by atoms with E-state index in [1.54, 1.807) is 12.1 Å². The van der Waals surface area contributed by atoms with Crippen molar-refractivity contribution in [1.82, 2.24) is 9.97 Å². The van der Waals surface area contributed by atoms with Gasteiger partial charge >= 0.3 is 0 Å². The summed E-state index contributed by atoms with van der Waals surface area (Å²) >= 11 is 5.46. The summed E-state index contributed by atoms with van der Waals surface area (Å²) in [4.78, 5) is 8.93. The number of phenolic OH excluding ortho intramolecular Hbond substituents is 1. The summed E-state index contributed by atoms with van der Waals surface area (Å²) in [5.74, 6) is 1.60. The number of nitrogen functional groups attached to an aromatic ring is 1. The highest BCUT2D eigenvalue weighted by Crippen LogP contribution is 2.38. The quantitative estimate of drug-likeness (QED) is 0.674. The number of halogens is 2. The lowest BCUT2D eigenvalue weighted by Gasteiger charge is -2.13. The van der Waals surface area contributed by atoms with Crippen LogP contribution in [0.2, 0.25) is 0 Å². The number of nitrogens with two attached hydrogens (primary N) is 1. The molecule has 1 aromatic carbocycles. The Morgan fingerprint density at radius 2 is 2.00 bits per heavy atom. The number of aromatic hydroxyl groups is 1. The lowest BCUT2D eigenvalue weighted by molar-refractivity contribution is 0.372. The summed E-state index contributed by atoms with van der Waals surface area (Å²) in [5, 5.41) is 9.87. The summed E-state index contributed by atoms with van der Waals surface area (Å²) in [6, 6.07) is 3.43. The third-order valence-electron chi connectivity index (χ3n) is 2.96. The number of hydrogen-bond acceptors (Lipinski definition) is 5. The maximum Gasteiger partial charge on any atom is 0.172 e. The molecule has 5 nitrogen and oxygen atoms in total. The van der Waals surface area contributed by atoms with Crippen LogP contribution in [0.15, 0.2) is 16.6 Å². The molecular formula is C14H15BrIN3O2. The van der Waals surface area contributed by atoms with Crippen molar-refractivity contribution in [3.63, 3.8) is 0 Å². The minimum absolute atomic E-state index is 0.0452. The number of phenols is 1. The first-order chi connectivity index (χ1) is 9.85. The zero-order valence-electron chi connectivity index (χ0n) is 11.8. The van der Waals surface area contributed by atoms with Crippen molar-refractivity contribution < 1.29 is 9.84 Å². The highest BCUT2D eigenvalue weighted by atomic mass is 127. The van der Waals surface area contributed by atoms with Crippen LogP contribution in [0.3, 0.4) is 0 Å². The van der Waals surface area contributed by atoms with Crippen molar-refractivity contribution in [1.29, 1.82) is 0 Å². The van der Waals surface area contributed by atoms with Gasteiger partial charge in [0, 0.05) is 5.56 Å². The van der Waals surface area contributed by atoms with Crippen molar-refractivity contribution in [2.75, 3.05) is 12.8 Å². The van der Waals surface area contributed by atoms with E-state index in [-0.39, 0.29) is 11.7 Å². The number of methoxy groups -OCH3 is 1. The molecule has 0 aliphatic carbocycles. The Morgan fingerprint density at radius 3 is 2.57 bits per heavy atom. The lowest BCUT2D eigenvalue weighted by atomic mass is 10.1. The molecule has 0 aliphatic rings. The topological polar surface area (TPSA) is 81.3 Å². The number of aromatic nitrogens is 2. The van der Waals surface area contributed by atoms with Crippen LogP contribution in [0.25, 0.3) is 11.4 Å². The van der Waals surface area contributed by atoms with E-state index in [1.165, 1.54) is 7.11 Å². The Bertz CT molecular complexity index is 692. The highest BCUT2D eigenvalue weighted by molar-refractivity contribution is 14.1. The molecule has 0 saturated heterocycles. The van der Waals surface area contributed by atoms with Gasteiger partial charge in [-0.15, -0.1) is 0 Å². The second-order valence-electron chi connectivity index (χ2n) is 4.80. The van der Waals surface area contributed by atoms with Crippen molar-refractivity contribution in [2.45, 2.75) is 19.8 Å². The Balaban J connectivity index is 2.65. The molecule has 0 spiro atoms. The van der Waals surface area contributed by atoms with Crippen molar-refractivity contribution in [2.24, 2.45) is 0 Å². The average molecular weight is 464 g/mol. The number of anilines is 1. The molecule has 0 unspecified atom stereocenters. The van der Waals surface area contributed by atoms with Crippen molar-refractivity contribution >= 4 is 44.3 Å². The standard InChI is InChI=1S/C14H15BrIN3O2/c1-6(2)11-10(16)13(17)19-14(18-11)7-4-8(15)12(20)9(5-7)21-3/h4-6,20H,1-3H3,(H2,17,18,19). The first-order valence-corrected chi connectivity index (χ1v) is 8.12. The molecule has 2 aromatic rings. The largest absolute Gasteiger partial charge is 0.503 e. The fourth-order valence-corrected chi connectivity index (χ4v) is 3.16. The molecule has 0 saturated carbocycles. The minimum atomic E-state index is 0.0452. The van der Waals surface area contributed by atoms with E-state index in [0.29, 0.717) is 21.9 Å². The van der Waals surface area contributed by atoms with E-state index in [4.69, 9.17) is 10.5 Å². The van der Waals surface area contributed by atoms with E-state index >= 15 is 0 Å². The molecule has 1 aromatic heterocycles. The van der Waals surface area contributed by atoms with Gasteiger partial charge < -0.3 is 15.6 Å². The number of rotatable bonds is 3. The normalized spacial score (nSPS) is 11.0. The second-order valence-corrected chi connectivity index (χ2v) is 6.73. The van der Waals surface area contributed by atoms with Crippen LogP contribution in [0.4, 0.5) is 5.82 Å². The van der Waals surface area contributed by atoms with Gasteiger partial charge in [-0.05, 0) is 56.6 Å². The van der Waals surface area contributed by atoms with E-state index in [1.807, 2.05) is 0 Å². The maximum atomic E-state index is 9.87. The summed E-state index contributed by atoms with van der Waals surface area (Å²) < 4.78 is 6.54. The molecule has 0 fully saturated rings. The SMILES string of the molecule is COc1cc(-c2nc(N)c(I)c(C(C)C)n2)cc(Br)c1O. The van der Waals surface area contributed by atoms with E-state index < -0.39 is 0 Å². The molecule has 1 heterocycles. The predicted molar refractivity (Wildman–Crippen MR) is 94.6 cm³/mol. The third kappa shape index (κ3) is 3.23.